The maximum Gasteiger partial charge on any atom is 0.317 e. The average molecular weight is 369 g/mol. The number of carboxylic acid groups (broad SMARTS) is 1. The Morgan fingerprint density at radius 3 is 2.20 bits per heavy atom. The molecular formula is C17H23NO6S. The van der Waals surface area contributed by atoms with Crippen LogP contribution in [0.5, 0.6) is 0 Å². The maximum absolute atomic E-state index is 12.2. The van der Waals surface area contributed by atoms with Crippen molar-refractivity contribution in [2.45, 2.75) is 56.3 Å². The van der Waals surface area contributed by atoms with E-state index in [1.807, 2.05) is 5.48 Å². The number of hydroxylamine groups is 1. The Morgan fingerprint density at radius 1 is 1.04 bits per heavy atom. The Hall–Kier alpha value is -1.93. The number of carbonyl (C=O) groups is 2. The minimum absolute atomic E-state index is 0.0648. The number of benzene rings is 1. The molecule has 1 aliphatic rings. The lowest BCUT2D eigenvalue weighted by atomic mass is 9.74. The van der Waals surface area contributed by atoms with Crippen LogP contribution in [0, 0.1) is 5.41 Å². The Kier molecular flexibility index (Phi) is 6.55. The van der Waals surface area contributed by atoms with Gasteiger partial charge in [-0.15, -0.1) is 4.28 Å². The van der Waals surface area contributed by atoms with Gasteiger partial charge in [-0.2, -0.15) is 8.42 Å². The van der Waals surface area contributed by atoms with Crippen molar-refractivity contribution in [3.05, 3.63) is 30.3 Å². The summed E-state index contributed by atoms with van der Waals surface area (Å²) in [5.74, 6) is -1.57. The molecule has 0 aliphatic heterocycles. The number of nitrogens with one attached hydrogen (secondary N) is 1. The van der Waals surface area contributed by atoms with Gasteiger partial charge in [0.15, 0.2) is 0 Å². The SMILES string of the molecule is O=C(O)CC1(CC(=O)NOS(=O)(=O)c2ccccc2)CCCCCC1. The zero-order valence-corrected chi connectivity index (χ0v) is 14.8. The van der Waals surface area contributed by atoms with E-state index in [0.29, 0.717) is 12.8 Å². The van der Waals surface area contributed by atoms with Gasteiger partial charge in [0.2, 0.25) is 5.91 Å². The molecule has 1 saturated carbocycles. The fourth-order valence-electron chi connectivity index (χ4n) is 3.33. The van der Waals surface area contributed by atoms with Gasteiger partial charge in [0.1, 0.15) is 0 Å². The van der Waals surface area contributed by atoms with Crippen LogP contribution in [-0.2, 0) is 24.0 Å². The van der Waals surface area contributed by atoms with Crippen molar-refractivity contribution in [1.82, 2.24) is 5.48 Å². The van der Waals surface area contributed by atoms with Crippen LogP contribution < -0.4 is 5.48 Å². The van der Waals surface area contributed by atoms with Crippen LogP contribution in [0.1, 0.15) is 51.4 Å². The Labute approximate surface area is 147 Å². The highest BCUT2D eigenvalue weighted by atomic mass is 32.2. The molecule has 0 unspecified atom stereocenters. The molecule has 1 aliphatic carbocycles. The molecule has 1 fully saturated rings. The fourth-order valence-corrected chi connectivity index (χ4v) is 4.12. The van der Waals surface area contributed by atoms with E-state index in [9.17, 15) is 23.1 Å². The summed E-state index contributed by atoms with van der Waals surface area (Å²) in [4.78, 5) is 23.3. The number of carboxylic acids is 1. The second kappa shape index (κ2) is 8.44. The third kappa shape index (κ3) is 5.82. The Balaban J connectivity index is 2.00. The smallest absolute Gasteiger partial charge is 0.317 e. The first-order chi connectivity index (χ1) is 11.8. The van der Waals surface area contributed by atoms with Crippen molar-refractivity contribution in [3.8, 4) is 0 Å². The van der Waals surface area contributed by atoms with Gasteiger partial charge in [-0.1, -0.05) is 43.9 Å². The number of aliphatic carboxylic acids is 1. The highest BCUT2D eigenvalue weighted by Gasteiger charge is 2.36. The van der Waals surface area contributed by atoms with Gasteiger partial charge in [-0.25, -0.2) is 5.48 Å². The first-order valence-corrected chi connectivity index (χ1v) is 9.73. The highest BCUT2D eigenvalue weighted by molar-refractivity contribution is 7.86. The molecule has 2 N–H and O–H groups in total. The quantitative estimate of drug-likeness (QED) is 0.565. The Bertz CT molecular complexity index is 693. The zero-order valence-electron chi connectivity index (χ0n) is 13.9. The van der Waals surface area contributed by atoms with Gasteiger partial charge >= 0.3 is 16.1 Å². The van der Waals surface area contributed by atoms with E-state index < -0.39 is 27.4 Å². The number of rotatable bonds is 7. The molecule has 25 heavy (non-hydrogen) atoms. The van der Waals surface area contributed by atoms with Gasteiger partial charge in [0.25, 0.3) is 0 Å². The summed E-state index contributed by atoms with van der Waals surface area (Å²) in [5.41, 5.74) is 1.32. The molecule has 1 aromatic carbocycles. The zero-order chi connectivity index (χ0) is 18.3. The van der Waals surface area contributed by atoms with Crippen LogP contribution in [0.25, 0.3) is 0 Å². The van der Waals surface area contributed by atoms with Crippen LogP contribution in [0.2, 0.25) is 0 Å². The summed E-state index contributed by atoms with van der Waals surface area (Å²) in [7, 11) is -4.09. The summed E-state index contributed by atoms with van der Waals surface area (Å²) in [6.45, 7) is 0. The second-order valence-corrected chi connectivity index (χ2v) is 8.08. The molecule has 138 valence electrons. The number of hydrogen-bond acceptors (Lipinski definition) is 5. The molecule has 1 aromatic rings. The molecule has 0 atom stereocenters. The molecule has 0 spiro atoms. The van der Waals surface area contributed by atoms with Gasteiger partial charge in [-0.3, -0.25) is 9.59 Å². The van der Waals surface area contributed by atoms with Crippen molar-refractivity contribution in [3.63, 3.8) is 0 Å². The van der Waals surface area contributed by atoms with Crippen molar-refractivity contribution >= 4 is 22.0 Å². The van der Waals surface area contributed by atoms with Crippen molar-refractivity contribution in [2.24, 2.45) is 5.41 Å². The summed E-state index contributed by atoms with van der Waals surface area (Å²) < 4.78 is 28.6. The molecule has 8 heteroatoms. The third-order valence-electron chi connectivity index (χ3n) is 4.52. The van der Waals surface area contributed by atoms with Crippen LogP contribution in [0.15, 0.2) is 35.2 Å². The predicted molar refractivity (Wildman–Crippen MR) is 89.9 cm³/mol. The minimum Gasteiger partial charge on any atom is -0.481 e. The average Bonchev–Trinajstić information content (AvgIpc) is 2.79. The summed E-state index contributed by atoms with van der Waals surface area (Å²) in [6.07, 6.45) is 4.86. The second-order valence-electron chi connectivity index (χ2n) is 6.54. The van der Waals surface area contributed by atoms with Crippen LogP contribution in [0.3, 0.4) is 0 Å². The number of hydrogen-bond donors (Lipinski definition) is 2. The maximum atomic E-state index is 12.2. The fraction of sp³-hybridized carbons (Fsp3) is 0.529. The summed E-state index contributed by atoms with van der Waals surface area (Å²) >= 11 is 0. The highest BCUT2D eigenvalue weighted by Crippen LogP contribution is 2.41. The van der Waals surface area contributed by atoms with E-state index in [-0.39, 0.29) is 17.7 Å². The van der Waals surface area contributed by atoms with Crippen LogP contribution in [-0.4, -0.2) is 25.4 Å². The lowest BCUT2D eigenvalue weighted by Gasteiger charge is -2.30. The molecule has 0 aromatic heterocycles. The Morgan fingerprint density at radius 2 is 1.64 bits per heavy atom. The third-order valence-corrected chi connectivity index (χ3v) is 5.68. The van der Waals surface area contributed by atoms with Gasteiger partial charge in [0, 0.05) is 6.42 Å². The standard InChI is InChI=1S/C17H23NO6S/c19-15(18-24-25(22,23)14-8-4-3-5-9-14)12-17(13-16(20)21)10-6-1-2-7-11-17/h3-5,8-9H,1-2,6-7,10-13H2,(H,18,19)(H,20,21). The van der Waals surface area contributed by atoms with Crippen molar-refractivity contribution < 1.29 is 27.4 Å². The monoisotopic (exact) mass is 369 g/mol. The van der Waals surface area contributed by atoms with Crippen molar-refractivity contribution in [1.29, 1.82) is 0 Å². The van der Waals surface area contributed by atoms with Crippen LogP contribution >= 0.6 is 0 Å². The van der Waals surface area contributed by atoms with E-state index in [2.05, 4.69) is 4.28 Å². The first-order valence-electron chi connectivity index (χ1n) is 8.32. The summed E-state index contributed by atoms with van der Waals surface area (Å²) in [5, 5.41) is 9.18. The van der Waals surface area contributed by atoms with E-state index in [1.54, 1.807) is 18.2 Å². The molecule has 2 rings (SSSR count). The van der Waals surface area contributed by atoms with Crippen LogP contribution in [0.4, 0.5) is 0 Å². The first kappa shape index (κ1) is 19.4. The largest absolute Gasteiger partial charge is 0.481 e. The van der Waals surface area contributed by atoms with E-state index >= 15 is 0 Å². The lowest BCUT2D eigenvalue weighted by Crippen LogP contribution is -2.34. The van der Waals surface area contributed by atoms with Gasteiger partial charge in [0.05, 0.1) is 11.3 Å². The molecular weight excluding hydrogens is 346 g/mol. The normalized spacial score (nSPS) is 17.4. The molecule has 0 bridgehead atoms. The van der Waals surface area contributed by atoms with Gasteiger partial charge in [-0.05, 0) is 30.4 Å². The minimum atomic E-state index is -4.09. The van der Waals surface area contributed by atoms with E-state index in [4.69, 9.17) is 0 Å². The topological polar surface area (TPSA) is 110 Å². The molecule has 0 radical (unpaired) electrons. The van der Waals surface area contributed by atoms with E-state index in [1.165, 1.54) is 12.1 Å². The van der Waals surface area contributed by atoms with Crippen molar-refractivity contribution in [2.75, 3.05) is 0 Å². The molecule has 0 heterocycles. The number of amides is 1. The summed E-state index contributed by atoms with van der Waals surface area (Å²) in [6, 6.07) is 7.48. The molecule has 1 amide bonds. The van der Waals surface area contributed by atoms with E-state index in [0.717, 1.165) is 25.7 Å². The predicted octanol–water partition coefficient (Wildman–Crippen LogP) is 2.63. The lowest BCUT2D eigenvalue weighted by molar-refractivity contribution is -0.141. The molecule has 0 saturated heterocycles. The van der Waals surface area contributed by atoms with Gasteiger partial charge < -0.3 is 5.11 Å². The number of carbonyl (C=O) groups excluding carboxylic acids is 1. The molecule has 7 nitrogen and oxygen atoms in total.